The number of hydrogen-bond acceptors (Lipinski definition) is 5. The summed E-state index contributed by atoms with van der Waals surface area (Å²) in [7, 11) is 1.72. The molecule has 22 heavy (non-hydrogen) atoms. The van der Waals surface area contributed by atoms with Crippen LogP contribution in [-0.2, 0) is 4.74 Å². The quantitative estimate of drug-likeness (QED) is 0.869. The van der Waals surface area contributed by atoms with Gasteiger partial charge in [-0.25, -0.2) is 4.68 Å². The van der Waals surface area contributed by atoms with E-state index in [1.807, 2.05) is 0 Å². The van der Waals surface area contributed by atoms with E-state index < -0.39 is 0 Å². The number of ether oxygens (including phenoxy) is 1. The minimum atomic E-state index is -0.208. The second-order valence-corrected chi connectivity index (χ2v) is 5.90. The maximum absolute atomic E-state index is 12.0. The third-order valence-corrected chi connectivity index (χ3v) is 4.31. The summed E-state index contributed by atoms with van der Waals surface area (Å²) < 4.78 is 6.57. The van der Waals surface area contributed by atoms with Gasteiger partial charge in [-0.1, -0.05) is 11.6 Å². The van der Waals surface area contributed by atoms with Crippen LogP contribution in [0.5, 0.6) is 0 Å². The maximum Gasteiger partial charge on any atom is 0.287 e. The summed E-state index contributed by atoms with van der Waals surface area (Å²) in [5, 5.41) is 10.5. The number of rotatable bonds is 2. The normalized spacial score (nSPS) is 19.2. The van der Waals surface area contributed by atoms with Gasteiger partial charge in [0.05, 0.1) is 17.9 Å². The van der Waals surface area contributed by atoms with Crippen LogP contribution in [0.3, 0.4) is 0 Å². The van der Waals surface area contributed by atoms with Gasteiger partial charge < -0.3 is 15.4 Å². The highest BCUT2D eigenvalue weighted by Crippen LogP contribution is 2.19. The standard InChI is InChI=1S/C10H15ClN4O.C5H10O/c1-12-8-6-14-15(10(16)9(8)11)7-2-4-13-5-3-7;1-2-4-6-5-3-1/h6-7,12-13H,2-5H2,1H3;1-5H2. The molecule has 1 aromatic rings. The largest absolute Gasteiger partial charge is 0.385 e. The minimum absolute atomic E-state index is 0.164. The fourth-order valence-electron chi connectivity index (χ4n) is 2.62. The van der Waals surface area contributed by atoms with Crippen LogP contribution in [0.25, 0.3) is 0 Å². The molecule has 2 fully saturated rings. The predicted octanol–water partition coefficient (Wildman–Crippen LogP) is 2.05. The molecule has 0 saturated carbocycles. The van der Waals surface area contributed by atoms with E-state index in [1.165, 1.54) is 23.9 Å². The Kier molecular flexibility index (Phi) is 7.15. The second kappa shape index (κ2) is 9.12. The summed E-state index contributed by atoms with van der Waals surface area (Å²) in [5.41, 5.74) is 0.372. The number of anilines is 1. The molecule has 0 unspecified atom stereocenters. The summed E-state index contributed by atoms with van der Waals surface area (Å²) in [6.45, 7) is 3.84. The summed E-state index contributed by atoms with van der Waals surface area (Å²) in [5.74, 6) is 0. The lowest BCUT2D eigenvalue weighted by atomic mass is 10.1. The van der Waals surface area contributed by atoms with Crippen LogP contribution in [0.1, 0.15) is 38.1 Å². The number of piperidine rings is 1. The van der Waals surface area contributed by atoms with Crippen LogP contribution in [-0.4, -0.2) is 43.1 Å². The van der Waals surface area contributed by atoms with Crippen molar-refractivity contribution in [3.05, 3.63) is 21.6 Å². The fourth-order valence-corrected chi connectivity index (χ4v) is 2.85. The van der Waals surface area contributed by atoms with E-state index in [1.54, 1.807) is 13.2 Å². The monoisotopic (exact) mass is 328 g/mol. The number of aromatic nitrogens is 2. The van der Waals surface area contributed by atoms with E-state index in [0.29, 0.717) is 5.69 Å². The Morgan fingerprint density at radius 1 is 1.32 bits per heavy atom. The van der Waals surface area contributed by atoms with E-state index in [2.05, 4.69) is 15.7 Å². The molecule has 3 heterocycles. The van der Waals surface area contributed by atoms with Crippen LogP contribution in [0, 0.1) is 0 Å². The smallest absolute Gasteiger partial charge is 0.287 e. The first-order valence-electron chi connectivity index (χ1n) is 7.97. The number of halogens is 1. The van der Waals surface area contributed by atoms with Gasteiger partial charge in [-0.15, -0.1) is 0 Å². The molecule has 0 spiro atoms. The number of nitrogens with zero attached hydrogens (tertiary/aromatic N) is 2. The SMILES string of the molecule is C1CCOCC1.CNc1cnn(C2CCNCC2)c(=O)c1Cl. The number of nitrogens with one attached hydrogen (secondary N) is 2. The highest BCUT2D eigenvalue weighted by molar-refractivity contribution is 6.32. The average Bonchev–Trinajstić information content (AvgIpc) is 2.60. The van der Waals surface area contributed by atoms with Crippen LogP contribution in [0.4, 0.5) is 5.69 Å². The van der Waals surface area contributed by atoms with Crippen molar-refractivity contribution in [3.63, 3.8) is 0 Å². The third-order valence-electron chi connectivity index (χ3n) is 3.94. The first kappa shape index (κ1) is 17.2. The Bertz CT molecular complexity index is 499. The van der Waals surface area contributed by atoms with Crippen molar-refractivity contribution in [3.8, 4) is 0 Å². The molecule has 0 atom stereocenters. The highest BCUT2D eigenvalue weighted by Gasteiger charge is 2.19. The Labute approximate surface area is 136 Å². The summed E-state index contributed by atoms with van der Waals surface area (Å²) >= 11 is 5.97. The van der Waals surface area contributed by atoms with Gasteiger partial charge in [-0.3, -0.25) is 4.79 Å². The highest BCUT2D eigenvalue weighted by atomic mass is 35.5. The number of hydrogen-bond donors (Lipinski definition) is 2. The molecule has 0 radical (unpaired) electrons. The topological polar surface area (TPSA) is 68.2 Å². The van der Waals surface area contributed by atoms with Crippen molar-refractivity contribution >= 4 is 17.3 Å². The van der Waals surface area contributed by atoms with Gasteiger partial charge in [0, 0.05) is 20.3 Å². The molecule has 6 nitrogen and oxygen atoms in total. The molecule has 2 N–H and O–H groups in total. The Hall–Kier alpha value is -1.11. The van der Waals surface area contributed by atoms with E-state index in [4.69, 9.17) is 16.3 Å². The van der Waals surface area contributed by atoms with Gasteiger partial charge >= 0.3 is 0 Å². The second-order valence-electron chi connectivity index (χ2n) is 5.53. The first-order chi connectivity index (χ1) is 10.7. The Balaban J connectivity index is 0.000000246. The minimum Gasteiger partial charge on any atom is -0.385 e. The molecule has 0 amide bonds. The molecule has 7 heteroatoms. The van der Waals surface area contributed by atoms with Crippen LogP contribution >= 0.6 is 11.6 Å². The van der Waals surface area contributed by atoms with Gasteiger partial charge in [0.2, 0.25) is 0 Å². The zero-order valence-electron chi connectivity index (χ0n) is 13.1. The molecule has 0 aromatic carbocycles. The van der Waals surface area contributed by atoms with Crippen molar-refractivity contribution in [2.24, 2.45) is 0 Å². The maximum atomic E-state index is 12.0. The van der Waals surface area contributed by atoms with Crippen molar-refractivity contribution in [1.29, 1.82) is 0 Å². The predicted molar refractivity (Wildman–Crippen MR) is 88.9 cm³/mol. The van der Waals surface area contributed by atoms with Crippen molar-refractivity contribution in [1.82, 2.24) is 15.1 Å². The average molecular weight is 329 g/mol. The molecular formula is C15H25ClN4O2. The molecular weight excluding hydrogens is 304 g/mol. The molecule has 2 saturated heterocycles. The zero-order valence-corrected chi connectivity index (χ0v) is 13.9. The molecule has 3 rings (SSSR count). The van der Waals surface area contributed by atoms with Crippen LogP contribution < -0.4 is 16.2 Å². The first-order valence-corrected chi connectivity index (χ1v) is 8.35. The molecule has 124 valence electrons. The lowest BCUT2D eigenvalue weighted by molar-refractivity contribution is 0.0968. The van der Waals surface area contributed by atoms with E-state index in [0.717, 1.165) is 39.1 Å². The van der Waals surface area contributed by atoms with Gasteiger partial charge in [-0.2, -0.15) is 5.10 Å². The van der Waals surface area contributed by atoms with Gasteiger partial charge in [0.15, 0.2) is 0 Å². The van der Waals surface area contributed by atoms with Crippen molar-refractivity contribution in [2.75, 3.05) is 38.7 Å². The molecule has 1 aromatic heterocycles. The molecule has 2 aliphatic heterocycles. The van der Waals surface area contributed by atoms with E-state index in [9.17, 15) is 4.79 Å². The molecule has 0 bridgehead atoms. The lowest BCUT2D eigenvalue weighted by Crippen LogP contribution is -2.35. The summed E-state index contributed by atoms with van der Waals surface area (Å²) in [6.07, 6.45) is 7.37. The van der Waals surface area contributed by atoms with Crippen LogP contribution in [0.15, 0.2) is 11.0 Å². The summed E-state index contributed by atoms with van der Waals surface area (Å²) in [6, 6.07) is 0.164. The Morgan fingerprint density at radius 2 is 2.00 bits per heavy atom. The van der Waals surface area contributed by atoms with Crippen LogP contribution in [0.2, 0.25) is 5.02 Å². The molecule has 2 aliphatic rings. The van der Waals surface area contributed by atoms with E-state index in [-0.39, 0.29) is 16.6 Å². The summed E-state index contributed by atoms with van der Waals surface area (Å²) in [4.78, 5) is 12.0. The third kappa shape index (κ3) is 4.69. The van der Waals surface area contributed by atoms with E-state index >= 15 is 0 Å². The molecule has 0 aliphatic carbocycles. The lowest BCUT2D eigenvalue weighted by Gasteiger charge is -2.23. The van der Waals surface area contributed by atoms with Crippen molar-refractivity contribution < 1.29 is 4.74 Å². The Morgan fingerprint density at radius 3 is 2.50 bits per heavy atom. The fraction of sp³-hybridized carbons (Fsp3) is 0.733. The van der Waals surface area contributed by atoms with Gasteiger partial charge in [0.25, 0.3) is 5.56 Å². The van der Waals surface area contributed by atoms with Crippen molar-refractivity contribution in [2.45, 2.75) is 38.1 Å². The van der Waals surface area contributed by atoms with Gasteiger partial charge in [-0.05, 0) is 45.2 Å². The zero-order chi connectivity index (χ0) is 15.8. The van der Waals surface area contributed by atoms with Gasteiger partial charge in [0.1, 0.15) is 5.02 Å².